The Labute approximate surface area is 228 Å². The Kier molecular flexibility index (Phi) is 8.36. The van der Waals surface area contributed by atoms with Gasteiger partial charge in [-0.15, -0.1) is 0 Å². The number of nitrogens with zero attached hydrogens (tertiary/aromatic N) is 2. The van der Waals surface area contributed by atoms with Crippen LogP contribution in [-0.4, -0.2) is 42.4 Å². The van der Waals surface area contributed by atoms with E-state index in [1.165, 1.54) is 5.01 Å². The van der Waals surface area contributed by atoms with Crippen molar-refractivity contribution in [1.29, 1.82) is 0 Å². The predicted octanol–water partition coefficient (Wildman–Crippen LogP) is 5.83. The fourth-order valence-corrected chi connectivity index (χ4v) is 5.17. The Morgan fingerprint density at radius 3 is 2.28 bits per heavy atom. The van der Waals surface area contributed by atoms with E-state index in [0.29, 0.717) is 18.1 Å². The number of esters is 1. The maximum atomic E-state index is 13.4. The topological polar surface area (TPSA) is 77.4 Å². The van der Waals surface area contributed by atoms with Crippen LogP contribution in [0.5, 0.6) is 11.5 Å². The second-order valence-electron chi connectivity index (χ2n) is 9.49. The largest absolute Gasteiger partial charge is 0.490 e. The normalized spacial score (nSPS) is 19.3. The van der Waals surface area contributed by atoms with Crippen LogP contribution in [0.1, 0.15) is 43.4 Å². The summed E-state index contributed by atoms with van der Waals surface area (Å²) < 4.78 is 16.4. The van der Waals surface area contributed by atoms with Gasteiger partial charge in [-0.3, -0.25) is 4.79 Å². The molecule has 0 bridgehead atoms. The molecule has 0 saturated heterocycles. The molecule has 1 aliphatic heterocycles. The highest BCUT2D eigenvalue weighted by atomic mass is 16.6. The van der Waals surface area contributed by atoms with Crippen LogP contribution >= 0.6 is 0 Å². The number of rotatable bonds is 9. The van der Waals surface area contributed by atoms with Gasteiger partial charge < -0.3 is 14.2 Å². The molecular weight excluding hydrogens is 492 g/mol. The van der Waals surface area contributed by atoms with Gasteiger partial charge in [-0.05, 0) is 61.1 Å². The molecule has 7 nitrogen and oxygen atoms in total. The van der Waals surface area contributed by atoms with Crippen molar-refractivity contribution in [2.24, 2.45) is 11.0 Å². The zero-order valence-electron chi connectivity index (χ0n) is 22.0. The number of allylic oxidation sites excluding steroid dienone is 1. The maximum absolute atomic E-state index is 13.4. The van der Waals surface area contributed by atoms with Crippen LogP contribution in [0.2, 0.25) is 0 Å². The van der Waals surface area contributed by atoms with Crippen molar-refractivity contribution in [2.75, 3.05) is 19.8 Å². The molecule has 39 heavy (non-hydrogen) atoms. The van der Waals surface area contributed by atoms with E-state index in [4.69, 9.17) is 19.3 Å². The van der Waals surface area contributed by atoms with Crippen LogP contribution in [0.4, 0.5) is 0 Å². The molecule has 1 amide bonds. The number of ether oxygens (including phenoxy) is 3. The molecule has 0 unspecified atom stereocenters. The molecule has 3 aromatic carbocycles. The maximum Gasteiger partial charge on any atom is 0.344 e. The number of fused-ring (bicyclic) bond motifs is 1. The summed E-state index contributed by atoms with van der Waals surface area (Å²) in [5.74, 6) is 0.0610. The number of hydrogen-bond acceptors (Lipinski definition) is 6. The summed E-state index contributed by atoms with van der Waals surface area (Å²) in [6.07, 6.45) is 5.02. The first-order chi connectivity index (χ1) is 19.1. The number of benzene rings is 3. The van der Waals surface area contributed by atoms with E-state index in [9.17, 15) is 9.59 Å². The number of hydrazone groups is 1. The van der Waals surface area contributed by atoms with Gasteiger partial charge in [-0.2, -0.15) is 5.10 Å². The van der Waals surface area contributed by atoms with Crippen molar-refractivity contribution in [3.8, 4) is 11.5 Å². The van der Waals surface area contributed by atoms with Gasteiger partial charge in [-0.25, -0.2) is 9.80 Å². The Bertz CT molecular complexity index is 1350. The Hall–Kier alpha value is -4.39. The van der Waals surface area contributed by atoms with Crippen molar-refractivity contribution in [2.45, 2.75) is 32.2 Å². The number of amides is 1. The quantitative estimate of drug-likeness (QED) is 0.329. The van der Waals surface area contributed by atoms with Gasteiger partial charge >= 0.3 is 5.97 Å². The van der Waals surface area contributed by atoms with Gasteiger partial charge in [0.2, 0.25) is 0 Å². The lowest BCUT2D eigenvalue weighted by molar-refractivity contribution is -0.154. The number of carbonyl (C=O) groups excluding carboxylic acids is 2. The highest BCUT2D eigenvalue weighted by Gasteiger charge is 2.43. The number of carbonyl (C=O) groups is 2. The summed E-state index contributed by atoms with van der Waals surface area (Å²) >= 11 is 0. The summed E-state index contributed by atoms with van der Waals surface area (Å²) in [5.41, 5.74) is 4.20. The zero-order valence-corrected chi connectivity index (χ0v) is 22.0. The third kappa shape index (κ3) is 6.20. The monoisotopic (exact) mass is 524 g/mol. The van der Waals surface area contributed by atoms with Crippen LogP contribution < -0.4 is 9.47 Å². The minimum Gasteiger partial charge on any atom is -0.490 e. The average molecular weight is 525 g/mol. The summed E-state index contributed by atoms with van der Waals surface area (Å²) in [5, 5.41) is 6.35. The van der Waals surface area contributed by atoms with Crippen LogP contribution in [0.15, 0.2) is 95.6 Å². The fourth-order valence-electron chi connectivity index (χ4n) is 5.17. The average Bonchev–Trinajstić information content (AvgIpc) is 3.37. The Balaban J connectivity index is 1.30. The molecule has 0 N–H and O–H groups in total. The molecule has 0 radical (unpaired) electrons. The van der Waals surface area contributed by atoms with Gasteiger partial charge in [0, 0.05) is 5.92 Å². The van der Waals surface area contributed by atoms with E-state index < -0.39 is 12.6 Å². The van der Waals surface area contributed by atoms with Crippen molar-refractivity contribution < 1.29 is 23.8 Å². The molecule has 0 aromatic heterocycles. The molecule has 2 atom stereocenters. The van der Waals surface area contributed by atoms with E-state index in [0.717, 1.165) is 41.7 Å². The molecule has 1 saturated carbocycles. The third-order valence-corrected chi connectivity index (χ3v) is 6.89. The lowest BCUT2D eigenvalue weighted by Crippen LogP contribution is -2.35. The first-order valence-electron chi connectivity index (χ1n) is 13.4. The Morgan fingerprint density at radius 1 is 0.897 bits per heavy atom. The van der Waals surface area contributed by atoms with Gasteiger partial charge in [0.25, 0.3) is 5.91 Å². The molecule has 2 aliphatic rings. The minimum absolute atomic E-state index is 0.0779. The minimum atomic E-state index is -0.639. The second kappa shape index (κ2) is 12.4. The first-order valence-corrected chi connectivity index (χ1v) is 13.4. The lowest BCUT2D eigenvalue weighted by atomic mass is 9.77. The predicted molar refractivity (Wildman–Crippen MR) is 149 cm³/mol. The number of para-hydroxylation sites is 2. The summed E-state index contributed by atoms with van der Waals surface area (Å²) in [6.45, 7) is 1.60. The molecule has 7 heteroatoms. The van der Waals surface area contributed by atoms with Crippen LogP contribution in [0.25, 0.3) is 6.08 Å². The van der Waals surface area contributed by atoms with E-state index in [1.807, 2.05) is 61.5 Å². The van der Waals surface area contributed by atoms with E-state index in [-0.39, 0.29) is 24.5 Å². The van der Waals surface area contributed by atoms with Crippen molar-refractivity contribution in [1.82, 2.24) is 5.01 Å². The standard InChI is InChI=1S/C32H32N2O5/c1-2-37-27-18-9-10-19-28(27)38-22-30(36)39-21-29(35)34-32(24-14-7-4-8-15-24)26-17-11-16-25(31(26)33-34)20-23-12-5-3-6-13-23/h3-10,12-15,18-20,26,32H,2,11,16-17,21-22H2,1H3/b25-20+/t26-,32+/m1/s1. The van der Waals surface area contributed by atoms with Gasteiger partial charge in [0.05, 0.1) is 18.4 Å². The highest BCUT2D eigenvalue weighted by molar-refractivity contribution is 6.08. The van der Waals surface area contributed by atoms with Crippen LogP contribution in [0, 0.1) is 5.92 Å². The van der Waals surface area contributed by atoms with E-state index in [2.05, 4.69) is 18.2 Å². The molecule has 1 aliphatic carbocycles. The number of hydrogen-bond donors (Lipinski definition) is 0. The third-order valence-electron chi connectivity index (χ3n) is 6.89. The van der Waals surface area contributed by atoms with Crippen LogP contribution in [0.3, 0.4) is 0 Å². The summed E-state index contributed by atoms with van der Waals surface area (Å²) in [4.78, 5) is 25.9. The molecule has 1 heterocycles. The Morgan fingerprint density at radius 2 is 1.56 bits per heavy atom. The SMILES string of the molecule is CCOc1ccccc1OCC(=O)OCC(=O)N1N=C2/C(=C/c3ccccc3)CCC[C@H]2[C@@H]1c1ccccc1. The van der Waals surface area contributed by atoms with E-state index >= 15 is 0 Å². The van der Waals surface area contributed by atoms with Gasteiger partial charge in [0.1, 0.15) is 0 Å². The molecule has 1 fully saturated rings. The second-order valence-corrected chi connectivity index (χ2v) is 9.49. The summed E-state index contributed by atoms with van der Waals surface area (Å²) in [6, 6.07) is 27.0. The lowest BCUT2D eigenvalue weighted by Gasteiger charge is -2.29. The van der Waals surface area contributed by atoms with Gasteiger partial charge in [0.15, 0.2) is 24.7 Å². The fraction of sp³-hybridized carbons (Fsp3) is 0.281. The van der Waals surface area contributed by atoms with Crippen LogP contribution in [-0.2, 0) is 14.3 Å². The van der Waals surface area contributed by atoms with Crippen molar-refractivity contribution >= 4 is 23.7 Å². The molecule has 200 valence electrons. The van der Waals surface area contributed by atoms with Crippen molar-refractivity contribution in [3.63, 3.8) is 0 Å². The summed E-state index contributed by atoms with van der Waals surface area (Å²) in [7, 11) is 0. The highest BCUT2D eigenvalue weighted by Crippen LogP contribution is 2.44. The molecule has 5 rings (SSSR count). The first kappa shape index (κ1) is 26.2. The van der Waals surface area contributed by atoms with E-state index in [1.54, 1.807) is 18.2 Å². The zero-order chi connectivity index (χ0) is 27.0. The smallest absolute Gasteiger partial charge is 0.344 e. The molecule has 0 spiro atoms. The molecular formula is C32H32N2O5. The van der Waals surface area contributed by atoms with Gasteiger partial charge in [-0.1, -0.05) is 72.8 Å². The molecule has 3 aromatic rings. The van der Waals surface area contributed by atoms with Crippen molar-refractivity contribution in [3.05, 3.63) is 102 Å².